The van der Waals surface area contributed by atoms with Crippen LogP contribution in [-0.2, 0) is 16.9 Å². The minimum Gasteiger partial charge on any atom is -0.496 e. The Bertz CT molecular complexity index is 1240. The van der Waals surface area contributed by atoms with E-state index in [4.69, 9.17) is 25.8 Å². The summed E-state index contributed by atoms with van der Waals surface area (Å²) in [7, 11) is 2.71. The Morgan fingerprint density at radius 2 is 1.83 bits per heavy atom. The van der Waals surface area contributed by atoms with Crippen LogP contribution in [-0.4, -0.2) is 41.4 Å². The van der Waals surface area contributed by atoms with Crippen LogP contribution in [0.3, 0.4) is 0 Å². The number of aryl methyl sites for hydroxylation is 1. The minimum absolute atomic E-state index is 0.0291. The summed E-state index contributed by atoms with van der Waals surface area (Å²) in [6.07, 6.45) is -2.99. The number of ether oxygens (including phenoxy) is 3. The third kappa shape index (κ3) is 5.39. The predicted molar refractivity (Wildman–Crippen MR) is 125 cm³/mol. The molecule has 0 saturated carbocycles. The van der Waals surface area contributed by atoms with Crippen LogP contribution in [0.15, 0.2) is 48.8 Å². The van der Waals surface area contributed by atoms with Crippen molar-refractivity contribution in [1.29, 1.82) is 0 Å². The fourth-order valence-electron chi connectivity index (χ4n) is 3.65. The summed E-state index contributed by atoms with van der Waals surface area (Å²) >= 11 is 6.33. The van der Waals surface area contributed by atoms with E-state index < -0.39 is 29.4 Å². The van der Waals surface area contributed by atoms with Gasteiger partial charge < -0.3 is 19.3 Å². The molecular formula is C25H24ClF3N2O5. The lowest BCUT2D eigenvalue weighted by Gasteiger charge is -2.35. The van der Waals surface area contributed by atoms with Gasteiger partial charge in [0.1, 0.15) is 23.8 Å². The van der Waals surface area contributed by atoms with Crippen molar-refractivity contribution in [3.63, 3.8) is 0 Å². The number of nitrogens with zero attached hydrogens (tertiary/aromatic N) is 2. The number of hydrogen-bond acceptors (Lipinski definition) is 7. The molecule has 1 aromatic heterocycles. The van der Waals surface area contributed by atoms with E-state index in [2.05, 4.69) is 9.97 Å². The quantitative estimate of drug-likeness (QED) is 0.396. The Morgan fingerprint density at radius 1 is 1.11 bits per heavy atom. The van der Waals surface area contributed by atoms with Crippen LogP contribution in [0.2, 0.25) is 5.02 Å². The number of aliphatic hydroxyl groups is 1. The molecule has 0 aliphatic heterocycles. The van der Waals surface area contributed by atoms with E-state index in [1.807, 2.05) is 0 Å². The molecule has 11 heteroatoms. The molecule has 36 heavy (non-hydrogen) atoms. The van der Waals surface area contributed by atoms with Gasteiger partial charge in [0.25, 0.3) is 0 Å². The monoisotopic (exact) mass is 524 g/mol. The van der Waals surface area contributed by atoms with Gasteiger partial charge >= 0.3 is 12.1 Å². The Morgan fingerprint density at radius 3 is 2.39 bits per heavy atom. The third-order valence-corrected chi connectivity index (χ3v) is 6.10. The Labute approximate surface area is 210 Å². The van der Waals surface area contributed by atoms with Gasteiger partial charge in [-0.3, -0.25) is 9.97 Å². The second-order valence-electron chi connectivity index (χ2n) is 8.02. The first-order chi connectivity index (χ1) is 16.9. The van der Waals surface area contributed by atoms with Gasteiger partial charge in [-0.2, -0.15) is 13.2 Å². The largest absolute Gasteiger partial charge is 0.496 e. The number of methoxy groups -OCH3 is 2. The predicted octanol–water partition coefficient (Wildman–Crippen LogP) is 5.37. The molecule has 1 heterocycles. The van der Waals surface area contributed by atoms with Crippen LogP contribution in [0, 0.1) is 6.92 Å². The number of halogens is 4. The van der Waals surface area contributed by atoms with E-state index in [1.165, 1.54) is 45.4 Å². The molecular weight excluding hydrogens is 501 g/mol. The van der Waals surface area contributed by atoms with Gasteiger partial charge in [-0.15, -0.1) is 0 Å². The highest BCUT2D eigenvalue weighted by molar-refractivity contribution is 6.31. The van der Waals surface area contributed by atoms with Crippen molar-refractivity contribution in [2.45, 2.75) is 38.1 Å². The summed E-state index contributed by atoms with van der Waals surface area (Å²) in [5, 5.41) is 10.8. The number of benzene rings is 2. The fraction of sp³-hybridized carbons (Fsp3) is 0.320. The van der Waals surface area contributed by atoms with Gasteiger partial charge in [0.05, 0.1) is 31.7 Å². The van der Waals surface area contributed by atoms with Crippen LogP contribution in [0.5, 0.6) is 11.5 Å². The lowest BCUT2D eigenvalue weighted by molar-refractivity contribution is -0.276. The zero-order valence-electron chi connectivity index (χ0n) is 19.9. The van der Waals surface area contributed by atoms with Crippen molar-refractivity contribution in [2.24, 2.45) is 0 Å². The smallest absolute Gasteiger partial charge is 0.423 e. The number of carbonyl (C=O) groups is 1. The number of aromatic nitrogens is 2. The molecule has 0 bridgehead atoms. The van der Waals surface area contributed by atoms with Gasteiger partial charge in [-0.05, 0) is 36.8 Å². The molecule has 0 saturated heterocycles. The maximum atomic E-state index is 14.1. The molecule has 2 unspecified atom stereocenters. The van der Waals surface area contributed by atoms with Gasteiger partial charge in [-0.1, -0.05) is 30.7 Å². The lowest BCUT2D eigenvalue weighted by Crippen LogP contribution is -2.47. The lowest BCUT2D eigenvalue weighted by atomic mass is 9.80. The molecule has 3 rings (SSSR count). The number of carbonyl (C=O) groups excluding carboxylic acids is 1. The Kier molecular flexibility index (Phi) is 8.10. The zero-order chi connectivity index (χ0) is 26.7. The first kappa shape index (κ1) is 27.2. The summed E-state index contributed by atoms with van der Waals surface area (Å²) in [6.45, 7) is 2.82. The minimum atomic E-state index is -5.05. The van der Waals surface area contributed by atoms with Gasteiger partial charge in [0.2, 0.25) is 5.60 Å². The van der Waals surface area contributed by atoms with Crippen LogP contribution in [0.25, 0.3) is 0 Å². The SMILES string of the molecule is COC(=O)c1ccc(COc2ccc(C(C)C(O)(c3cnc(C)cn3)C(F)(F)F)c(Cl)c2)c(OC)c1. The second kappa shape index (κ2) is 10.7. The van der Waals surface area contributed by atoms with Crippen molar-refractivity contribution >= 4 is 17.6 Å². The van der Waals surface area contributed by atoms with Crippen molar-refractivity contribution in [3.05, 3.63) is 81.9 Å². The molecule has 7 nitrogen and oxygen atoms in total. The molecule has 2 atom stereocenters. The molecule has 2 aromatic carbocycles. The highest BCUT2D eigenvalue weighted by atomic mass is 35.5. The Balaban J connectivity index is 1.85. The summed E-state index contributed by atoms with van der Waals surface area (Å²) in [6, 6.07) is 8.86. The van der Waals surface area contributed by atoms with E-state index in [0.717, 1.165) is 12.4 Å². The number of alkyl halides is 3. The second-order valence-corrected chi connectivity index (χ2v) is 8.43. The molecule has 1 N–H and O–H groups in total. The standard InChI is InChI=1S/C25H24ClF3N2O5/c1-14-11-31-22(12-30-14)24(33,25(27,28)29)15(2)19-8-7-18(10-20(19)26)36-13-17-6-5-16(23(32)35-4)9-21(17)34-3/h5-12,15,33H,13H2,1-4H3. The summed E-state index contributed by atoms with van der Waals surface area (Å²) in [5.41, 5.74) is -2.59. The molecule has 0 amide bonds. The van der Waals surface area contributed by atoms with Crippen LogP contribution < -0.4 is 9.47 Å². The highest BCUT2D eigenvalue weighted by Crippen LogP contribution is 2.49. The van der Waals surface area contributed by atoms with E-state index in [-0.39, 0.29) is 22.9 Å². The third-order valence-electron chi connectivity index (χ3n) is 5.77. The van der Waals surface area contributed by atoms with E-state index >= 15 is 0 Å². The summed E-state index contributed by atoms with van der Waals surface area (Å²) < 4.78 is 58.0. The molecule has 192 valence electrons. The molecule has 0 aliphatic carbocycles. The van der Waals surface area contributed by atoms with Crippen LogP contribution >= 0.6 is 11.6 Å². The van der Waals surface area contributed by atoms with Crippen molar-refractivity contribution in [3.8, 4) is 11.5 Å². The van der Waals surface area contributed by atoms with Crippen LogP contribution in [0.1, 0.15) is 45.7 Å². The molecule has 0 radical (unpaired) electrons. The Hall–Kier alpha value is -3.37. The normalized spacial score (nSPS) is 14.0. The molecule has 0 spiro atoms. The van der Waals surface area contributed by atoms with Crippen molar-refractivity contribution < 1.29 is 37.3 Å². The topological polar surface area (TPSA) is 90.8 Å². The summed E-state index contributed by atoms with van der Waals surface area (Å²) in [4.78, 5) is 19.3. The molecule has 3 aromatic rings. The average molecular weight is 525 g/mol. The maximum absolute atomic E-state index is 14.1. The number of rotatable bonds is 8. The van der Waals surface area contributed by atoms with Gasteiger partial charge in [-0.25, -0.2) is 4.79 Å². The van der Waals surface area contributed by atoms with E-state index in [1.54, 1.807) is 19.1 Å². The first-order valence-electron chi connectivity index (χ1n) is 10.7. The highest BCUT2D eigenvalue weighted by Gasteiger charge is 2.60. The number of hydrogen-bond donors (Lipinski definition) is 1. The number of esters is 1. The van der Waals surface area contributed by atoms with Gasteiger partial charge in [0.15, 0.2) is 0 Å². The fourth-order valence-corrected chi connectivity index (χ4v) is 3.98. The molecule has 0 fully saturated rings. The summed E-state index contributed by atoms with van der Waals surface area (Å²) in [5.74, 6) is -1.36. The van der Waals surface area contributed by atoms with Crippen LogP contribution in [0.4, 0.5) is 13.2 Å². The first-order valence-corrected chi connectivity index (χ1v) is 11.1. The maximum Gasteiger partial charge on any atom is 0.423 e. The van der Waals surface area contributed by atoms with Crippen molar-refractivity contribution in [1.82, 2.24) is 9.97 Å². The zero-order valence-corrected chi connectivity index (χ0v) is 20.6. The average Bonchev–Trinajstić information content (AvgIpc) is 2.85. The molecule has 0 aliphatic rings. The van der Waals surface area contributed by atoms with E-state index in [0.29, 0.717) is 22.6 Å². The van der Waals surface area contributed by atoms with E-state index in [9.17, 15) is 23.1 Å². The van der Waals surface area contributed by atoms with Gasteiger partial charge in [0, 0.05) is 22.7 Å². The van der Waals surface area contributed by atoms with Crippen molar-refractivity contribution in [2.75, 3.05) is 14.2 Å².